The van der Waals surface area contributed by atoms with Gasteiger partial charge in [0.1, 0.15) is 0 Å². The summed E-state index contributed by atoms with van der Waals surface area (Å²) in [6, 6.07) is 68.1. The summed E-state index contributed by atoms with van der Waals surface area (Å²) in [6.45, 7) is 0. The molecule has 0 N–H and O–H groups in total. The van der Waals surface area contributed by atoms with Gasteiger partial charge in [0.15, 0.2) is 17.5 Å². The van der Waals surface area contributed by atoms with Crippen LogP contribution in [0.3, 0.4) is 0 Å². The van der Waals surface area contributed by atoms with Gasteiger partial charge in [-0.05, 0) is 78.9 Å². The highest BCUT2D eigenvalue weighted by Crippen LogP contribution is 2.33. The van der Waals surface area contributed by atoms with Gasteiger partial charge in [0, 0.05) is 34.5 Å². The zero-order chi connectivity index (χ0) is 37.3. The lowest BCUT2D eigenvalue weighted by Crippen LogP contribution is -2.00. The van der Waals surface area contributed by atoms with E-state index in [4.69, 9.17) is 15.0 Å². The van der Waals surface area contributed by atoms with E-state index in [-0.39, 0.29) is 0 Å². The second kappa shape index (κ2) is 14.3. The molecule has 0 amide bonds. The van der Waals surface area contributed by atoms with Crippen LogP contribution in [-0.2, 0) is 0 Å². The normalized spacial score (nSPS) is 11.2. The molecule has 0 fully saturated rings. The highest BCUT2D eigenvalue weighted by atomic mass is 15.0. The van der Waals surface area contributed by atoms with E-state index in [1.165, 1.54) is 49.4 Å². The Hall–Kier alpha value is -7.56. The number of hydrogen-bond acceptors (Lipinski definition) is 4. The molecule has 0 aliphatic rings. The third-order valence-corrected chi connectivity index (χ3v) is 10.4. The molecule has 0 unspecified atom stereocenters. The van der Waals surface area contributed by atoms with E-state index >= 15 is 0 Å². The molecule has 4 heteroatoms. The Balaban J connectivity index is 0.923. The monoisotopic (exact) mass is 714 g/mol. The molecule has 262 valence electrons. The molecule has 0 saturated heterocycles. The molecule has 2 heterocycles. The van der Waals surface area contributed by atoms with Crippen molar-refractivity contribution in [2.75, 3.05) is 0 Å². The van der Waals surface area contributed by atoms with Gasteiger partial charge in [-0.25, -0.2) is 15.0 Å². The molecule has 2 aromatic heterocycles. The zero-order valence-electron chi connectivity index (χ0n) is 30.4. The Morgan fingerprint density at radius 2 is 0.643 bits per heavy atom. The lowest BCUT2D eigenvalue weighted by molar-refractivity contribution is 1.07. The molecule has 0 aliphatic heterocycles. The highest BCUT2D eigenvalue weighted by Gasteiger charge is 2.13. The van der Waals surface area contributed by atoms with Crippen molar-refractivity contribution in [3.05, 3.63) is 207 Å². The summed E-state index contributed by atoms with van der Waals surface area (Å²) in [5.41, 5.74) is 12.1. The number of hydrogen-bond donors (Lipinski definition) is 0. The Morgan fingerprint density at radius 3 is 1.20 bits per heavy atom. The Kier molecular flexibility index (Phi) is 8.47. The van der Waals surface area contributed by atoms with Crippen molar-refractivity contribution in [3.8, 4) is 78.7 Å². The predicted octanol–water partition coefficient (Wildman–Crippen LogP) is 13.2. The summed E-state index contributed by atoms with van der Waals surface area (Å²) in [6.07, 6.45) is 3.80. The lowest BCUT2D eigenvalue weighted by Gasteiger charge is -2.11. The standard InChI is InChI=1S/C52H34N4/c1-3-8-35(9-4-1)36-18-23-42(24-19-36)51-54-50(41-10-5-2-6-11-41)55-52(56-51)43-25-20-38(21-26-43)45-13-7-12-44(32-45)37-14-16-39(17-15-37)46-28-29-48-47(33-46)27-22-40-30-31-53-34-49(40)48/h1-34H. The molecule has 0 bridgehead atoms. The average molecular weight is 715 g/mol. The molecule has 0 spiro atoms. The smallest absolute Gasteiger partial charge is 0.164 e. The number of benzene rings is 8. The largest absolute Gasteiger partial charge is 0.264 e. The molecule has 10 aromatic rings. The van der Waals surface area contributed by atoms with Crippen molar-refractivity contribution in [1.82, 2.24) is 19.9 Å². The Morgan fingerprint density at radius 1 is 0.250 bits per heavy atom. The predicted molar refractivity (Wildman–Crippen MR) is 231 cm³/mol. The van der Waals surface area contributed by atoms with E-state index < -0.39 is 0 Å². The van der Waals surface area contributed by atoms with Crippen LogP contribution >= 0.6 is 0 Å². The quantitative estimate of drug-likeness (QED) is 0.154. The molecule has 8 aromatic carbocycles. The van der Waals surface area contributed by atoms with Gasteiger partial charge in [-0.1, -0.05) is 176 Å². The van der Waals surface area contributed by atoms with Gasteiger partial charge in [-0.2, -0.15) is 0 Å². The summed E-state index contributed by atoms with van der Waals surface area (Å²) >= 11 is 0. The topological polar surface area (TPSA) is 51.6 Å². The minimum absolute atomic E-state index is 0.637. The molecule has 0 atom stereocenters. The van der Waals surface area contributed by atoms with E-state index in [9.17, 15) is 0 Å². The summed E-state index contributed by atoms with van der Waals surface area (Å²) < 4.78 is 0. The molecule has 56 heavy (non-hydrogen) atoms. The third-order valence-electron chi connectivity index (χ3n) is 10.4. The number of rotatable bonds is 7. The van der Waals surface area contributed by atoms with Crippen molar-refractivity contribution >= 4 is 21.5 Å². The first-order valence-electron chi connectivity index (χ1n) is 18.8. The number of pyridine rings is 1. The lowest BCUT2D eigenvalue weighted by atomic mass is 9.95. The van der Waals surface area contributed by atoms with Crippen molar-refractivity contribution in [2.45, 2.75) is 0 Å². The summed E-state index contributed by atoms with van der Waals surface area (Å²) in [5.74, 6) is 1.92. The second-order valence-corrected chi connectivity index (χ2v) is 13.9. The molecule has 0 saturated carbocycles. The van der Waals surface area contributed by atoms with Crippen LogP contribution < -0.4 is 0 Å². The van der Waals surface area contributed by atoms with Crippen LogP contribution in [0.25, 0.3) is 100 Å². The average Bonchev–Trinajstić information content (AvgIpc) is 3.29. The van der Waals surface area contributed by atoms with Crippen LogP contribution in [0, 0.1) is 0 Å². The minimum Gasteiger partial charge on any atom is -0.264 e. The number of aromatic nitrogens is 4. The molecule has 4 nitrogen and oxygen atoms in total. The maximum Gasteiger partial charge on any atom is 0.164 e. The van der Waals surface area contributed by atoms with Crippen LogP contribution in [0.15, 0.2) is 207 Å². The molecule has 0 aliphatic carbocycles. The van der Waals surface area contributed by atoms with E-state index in [0.29, 0.717) is 17.5 Å². The first-order valence-corrected chi connectivity index (χ1v) is 18.8. The van der Waals surface area contributed by atoms with E-state index in [0.717, 1.165) is 33.4 Å². The van der Waals surface area contributed by atoms with Gasteiger partial charge < -0.3 is 0 Å². The zero-order valence-corrected chi connectivity index (χ0v) is 30.4. The van der Waals surface area contributed by atoms with Gasteiger partial charge in [0.05, 0.1) is 0 Å². The second-order valence-electron chi connectivity index (χ2n) is 13.9. The SMILES string of the molecule is c1ccc(-c2ccc(-c3nc(-c4ccccc4)nc(-c4ccc(-c5cccc(-c6ccc(-c7ccc8c(ccc9ccncc98)c7)cc6)c5)cc4)n3)cc2)cc1. The molecular formula is C52H34N4. The third kappa shape index (κ3) is 6.50. The minimum atomic E-state index is 0.637. The van der Waals surface area contributed by atoms with Gasteiger partial charge in [-0.15, -0.1) is 0 Å². The van der Waals surface area contributed by atoms with Crippen molar-refractivity contribution < 1.29 is 0 Å². The van der Waals surface area contributed by atoms with E-state index in [1.807, 2.05) is 48.8 Å². The molecular weight excluding hydrogens is 681 g/mol. The van der Waals surface area contributed by atoms with Crippen LogP contribution in [0.4, 0.5) is 0 Å². The van der Waals surface area contributed by atoms with Gasteiger partial charge in [0.2, 0.25) is 0 Å². The van der Waals surface area contributed by atoms with Crippen LogP contribution in [-0.4, -0.2) is 19.9 Å². The molecule has 10 rings (SSSR count). The Labute approximate surface area is 325 Å². The fraction of sp³-hybridized carbons (Fsp3) is 0. The fourth-order valence-electron chi connectivity index (χ4n) is 7.42. The van der Waals surface area contributed by atoms with Crippen molar-refractivity contribution in [1.29, 1.82) is 0 Å². The molecule has 0 radical (unpaired) electrons. The maximum absolute atomic E-state index is 4.99. The Bertz CT molecular complexity index is 2980. The first-order chi connectivity index (χ1) is 27.7. The van der Waals surface area contributed by atoms with Crippen molar-refractivity contribution in [3.63, 3.8) is 0 Å². The van der Waals surface area contributed by atoms with E-state index in [2.05, 4.69) is 163 Å². The van der Waals surface area contributed by atoms with Gasteiger partial charge >= 0.3 is 0 Å². The van der Waals surface area contributed by atoms with Gasteiger partial charge in [0.25, 0.3) is 0 Å². The van der Waals surface area contributed by atoms with Gasteiger partial charge in [-0.3, -0.25) is 4.98 Å². The first kappa shape index (κ1) is 33.0. The number of nitrogens with zero attached hydrogens (tertiary/aromatic N) is 4. The van der Waals surface area contributed by atoms with Crippen molar-refractivity contribution in [2.24, 2.45) is 0 Å². The van der Waals surface area contributed by atoms with Crippen LogP contribution in [0.1, 0.15) is 0 Å². The highest BCUT2D eigenvalue weighted by molar-refractivity contribution is 6.08. The van der Waals surface area contributed by atoms with Crippen LogP contribution in [0.2, 0.25) is 0 Å². The van der Waals surface area contributed by atoms with E-state index in [1.54, 1.807) is 0 Å². The number of fused-ring (bicyclic) bond motifs is 3. The summed E-state index contributed by atoms with van der Waals surface area (Å²) in [5, 5.41) is 4.82. The maximum atomic E-state index is 4.99. The summed E-state index contributed by atoms with van der Waals surface area (Å²) in [4.78, 5) is 19.2. The summed E-state index contributed by atoms with van der Waals surface area (Å²) in [7, 11) is 0. The fourth-order valence-corrected chi connectivity index (χ4v) is 7.42. The van der Waals surface area contributed by atoms with Crippen LogP contribution in [0.5, 0.6) is 0 Å².